The molecule has 0 aliphatic rings. The zero-order valence-corrected chi connectivity index (χ0v) is 16.3. The average Bonchev–Trinajstić information content (AvgIpc) is 2.56. The largest absolute Gasteiger partial charge is 0.348 e. The molecule has 0 fully saturated rings. The monoisotopic (exact) mass is 346 g/mol. The third-order valence-electron chi connectivity index (χ3n) is 4.44. The molecule has 140 valence electrons. The van der Waals surface area contributed by atoms with E-state index in [1.165, 1.54) is 38.5 Å². The Morgan fingerprint density at radius 1 is 0.800 bits per heavy atom. The van der Waals surface area contributed by atoms with Gasteiger partial charge >= 0.3 is 11.8 Å². The second-order valence-corrected chi connectivity index (χ2v) is 6.96. The van der Waals surface area contributed by atoms with E-state index >= 15 is 0 Å². The molecule has 0 radical (unpaired) electrons. The second-order valence-electron chi connectivity index (χ2n) is 6.96. The molecule has 1 aromatic rings. The predicted octanol–water partition coefficient (Wildman–Crippen LogP) is 4.81. The van der Waals surface area contributed by atoms with Gasteiger partial charge in [0.1, 0.15) is 0 Å². The molecular formula is C21H34N2O2. The molecule has 0 aliphatic carbocycles. The molecule has 0 unspecified atom stereocenters. The van der Waals surface area contributed by atoms with Crippen LogP contribution in [0.15, 0.2) is 12.1 Å². The summed E-state index contributed by atoms with van der Waals surface area (Å²) in [6.45, 7) is 8.68. The fraction of sp³-hybridized carbons (Fsp3) is 0.619. The molecule has 0 aromatic heterocycles. The Balaban J connectivity index is 2.24. The zero-order valence-electron chi connectivity index (χ0n) is 16.3. The van der Waals surface area contributed by atoms with E-state index in [0.717, 1.165) is 35.2 Å². The number of carbonyl (C=O) groups excluding carboxylic acids is 2. The van der Waals surface area contributed by atoms with Crippen LogP contribution in [0, 0.1) is 20.8 Å². The quantitative estimate of drug-likeness (QED) is 0.472. The minimum absolute atomic E-state index is 0.553. The standard InChI is InChI=1S/C21H34N2O2/c1-5-6-7-8-9-10-11-12-13-22-20(24)21(25)23-19-17(3)14-16(2)15-18(19)4/h14-15H,5-13H2,1-4H3,(H,22,24)(H,23,25). The highest BCUT2D eigenvalue weighted by Gasteiger charge is 2.15. The molecule has 4 heteroatoms. The van der Waals surface area contributed by atoms with Gasteiger partial charge in [0.05, 0.1) is 0 Å². The van der Waals surface area contributed by atoms with E-state index in [-0.39, 0.29) is 0 Å². The van der Waals surface area contributed by atoms with Crippen molar-refractivity contribution < 1.29 is 9.59 Å². The fourth-order valence-electron chi connectivity index (χ4n) is 3.09. The Morgan fingerprint density at radius 3 is 1.88 bits per heavy atom. The number of aryl methyl sites for hydroxylation is 3. The Labute approximate surface area is 152 Å². The Morgan fingerprint density at radius 2 is 1.32 bits per heavy atom. The van der Waals surface area contributed by atoms with Crippen molar-refractivity contribution in [1.29, 1.82) is 0 Å². The fourth-order valence-corrected chi connectivity index (χ4v) is 3.09. The molecule has 0 saturated carbocycles. The minimum Gasteiger partial charge on any atom is -0.348 e. The van der Waals surface area contributed by atoms with Gasteiger partial charge in [0, 0.05) is 12.2 Å². The van der Waals surface area contributed by atoms with Crippen LogP contribution >= 0.6 is 0 Å². The Hall–Kier alpha value is -1.84. The highest BCUT2D eigenvalue weighted by Crippen LogP contribution is 2.21. The molecular weight excluding hydrogens is 312 g/mol. The van der Waals surface area contributed by atoms with Gasteiger partial charge in [0.2, 0.25) is 0 Å². The lowest BCUT2D eigenvalue weighted by atomic mass is 10.1. The van der Waals surface area contributed by atoms with Crippen LogP contribution in [-0.4, -0.2) is 18.4 Å². The van der Waals surface area contributed by atoms with E-state index in [9.17, 15) is 9.59 Å². The van der Waals surface area contributed by atoms with E-state index in [1.54, 1.807) is 0 Å². The van der Waals surface area contributed by atoms with Gasteiger partial charge < -0.3 is 10.6 Å². The summed E-state index contributed by atoms with van der Waals surface area (Å²) in [5.74, 6) is -1.14. The smallest absolute Gasteiger partial charge is 0.313 e. The highest BCUT2D eigenvalue weighted by atomic mass is 16.2. The molecule has 0 heterocycles. The number of nitrogens with one attached hydrogen (secondary N) is 2. The van der Waals surface area contributed by atoms with Crippen molar-refractivity contribution in [3.05, 3.63) is 28.8 Å². The number of rotatable bonds is 10. The van der Waals surface area contributed by atoms with Gasteiger partial charge in [0.15, 0.2) is 0 Å². The highest BCUT2D eigenvalue weighted by molar-refractivity contribution is 6.39. The lowest BCUT2D eigenvalue weighted by molar-refractivity contribution is -0.136. The first-order valence-electron chi connectivity index (χ1n) is 9.62. The SMILES string of the molecule is CCCCCCCCCCNC(=O)C(=O)Nc1c(C)cc(C)cc1C. The van der Waals surface area contributed by atoms with Crippen molar-refractivity contribution in [3.8, 4) is 0 Å². The van der Waals surface area contributed by atoms with Gasteiger partial charge in [-0.15, -0.1) is 0 Å². The maximum atomic E-state index is 12.0. The van der Waals surface area contributed by atoms with Gasteiger partial charge in [-0.05, 0) is 38.3 Å². The number of benzene rings is 1. The number of carbonyl (C=O) groups is 2. The summed E-state index contributed by atoms with van der Waals surface area (Å²) >= 11 is 0. The normalized spacial score (nSPS) is 10.6. The first-order valence-corrected chi connectivity index (χ1v) is 9.62. The third kappa shape index (κ3) is 8.19. The number of anilines is 1. The Kier molecular flexibility index (Phi) is 9.90. The van der Waals surface area contributed by atoms with E-state index in [4.69, 9.17) is 0 Å². The van der Waals surface area contributed by atoms with Crippen molar-refractivity contribution in [1.82, 2.24) is 5.32 Å². The van der Waals surface area contributed by atoms with E-state index in [2.05, 4.69) is 17.6 Å². The molecule has 0 aliphatic heterocycles. The van der Waals surface area contributed by atoms with Crippen LogP contribution in [0.2, 0.25) is 0 Å². The molecule has 1 aromatic carbocycles. The number of amides is 2. The number of hydrogen-bond donors (Lipinski definition) is 2. The van der Waals surface area contributed by atoms with Crippen LogP contribution in [0.1, 0.15) is 75.0 Å². The first kappa shape index (κ1) is 21.2. The molecule has 0 spiro atoms. The van der Waals surface area contributed by atoms with Crippen LogP contribution in [-0.2, 0) is 9.59 Å². The zero-order chi connectivity index (χ0) is 18.7. The predicted molar refractivity (Wildman–Crippen MR) is 105 cm³/mol. The molecule has 0 atom stereocenters. The van der Waals surface area contributed by atoms with Gasteiger partial charge in [0.25, 0.3) is 0 Å². The molecule has 4 nitrogen and oxygen atoms in total. The van der Waals surface area contributed by atoms with E-state index in [0.29, 0.717) is 6.54 Å². The Bertz CT molecular complexity index is 544. The third-order valence-corrected chi connectivity index (χ3v) is 4.44. The van der Waals surface area contributed by atoms with Crippen molar-refractivity contribution in [2.24, 2.45) is 0 Å². The van der Waals surface area contributed by atoms with Gasteiger partial charge in [-0.2, -0.15) is 0 Å². The van der Waals surface area contributed by atoms with Crippen molar-refractivity contribution >= 4 is 17.5 Å². The maximum absolute atomic E-state index is 12.0. The summed E-state index contributed by atoms with van der Waals surface area (Å²) in [6, 6.07) is 4.00. The summed E-state index contributed by atoms with van der Waals surface area (Å²) < 4.78 is 0. The average molecular weight is 347 g/mol. The van der Waals surface area contributed by atoms with Crippen molar-refractivity contribution in [2.45, 2.75) is 79.1 Å². The van der Waals surface area contributed by atoms with Crippen LogP contribution in [0.3, 0.4) is 0 Å². The van der Waals surface area contributed by atoms with Crippen LogP contribution < -0.4 is 10.6 Å². The van der Waals surface area contributed by atoms with E-state index < -0.39 is 11.8 Å². The van der Waals surface area contributed by atoms with Crippen molar-refractivity contribution in [3.63, 3.8) is 0 Å². The van der Waals surface area contributed by atoms with E-state index in [1.807, 2.05) is 32.9 Å². The molecule has 2 amide bonds. The van der Waals surface area contributed by atoms with Crippen molar-refractivity contribution in [2.75, 3.05) is 11.9 Å². The number of hydrogen-bond acceptors (Lipinski definition) is 2. The maximum Gasteiger partial charge on any atom is 0.313 e. The minimum atomic E-state index is -0.588. The summed E-state index contributed by atoms with van der Waals surface area (Å²) in [5.41, 5.74) is 3.83. The molecule has 1 rings (SSSR count). The molecule has 0 bridgehead atoms. The topological polar surface area (TPSA) is 58.2 Å². The second kappa shape index (κ2) is 11.7. The summed E-state index contributed by atoms with van der Waals surface area (Å²) in [4.78, 5) is 24.0. The lowest BCUT2D eigenvalue weighted by Crippen LogP contribution is -2.36. The molecule has 2 N–H and O–H groups in total. The summed E-state index contributed by atoms with van der Waals surface area (Å²) in [6.07, 6.45) is 9.72. The van der Waals surface area contributed by atoms with Gasteiger partial charge in [-0.25, -0.2) is 0 Å². The number of unbranched alkanes of at least 4 members (excludes halogenated alkanes) is 7. The summed E-state index contributed by atoms with van der Waals surface area (Å²) in [5, 5.41) is 5.45. The molecule has 0 saturated heterocycles. The molecule has 25 heavy (non-hydrogen) atoms. The van der Waals surface area contributed by atoms with Crippen LogP contribution in [0.5, 0.6) is 0 Å². The van der Waals surface area contributed by atoms with Crippen LogP contribution in [0.4, 0.5) is 5.69 Å². The van der Waals surface area contributed by atoms with Crippen LogP contribution in [0.25, 0.3) is 0 Å². The van der Waals surface area contributed by atoms with Gasteiger partial charge in [-0.3, -0.25) is 9.59 Å². The van der Waals surface area contributed by atoms with Gasteiger partial charge in [-0.1, -0.05) is 69.6 Å². The lowest BCUT2D eigenvalue weighted by Gasteiger charge is -2.12. The first-order chi connectivity index (χ1) is 12.0. The summed E-state index contributed by atoms with van der Waals surface area (Å²) in [7, 11) is 0.